The molecule has 34 heavy (non-hydrogen) atoms. The van der Waals surface area contributed by atoms with Gasteiger partial charge in [0.1, 0.15) is 11.6 Å². The largest absolute Gasteiger partial charge is 0.466 e. The summed E-state index contributed by atoms with van der Waals surface area (Å²) in [6.07, 6.45) is 0.0724. The van der Waals surface area contributed by atoms with Crippen LogP contribution in [0.3, 0.4) is 0 Å². The molecule has 2 heterocycles. The van der Waals surface area contributed by atoms with E-state index in [0.29, 0.717) is 40.3 Å². The van der Waals surface area contributed by atoms with Gasteiger partial charge in [0.25, 0.3) is 5.91 Å². The fourth-order valence-electron chi connectivity index (χ4n) is 3.25. The topological polar surface area (TPSA) is 106 Å². The summed E-state index contributed by atoms with van der Waals surface area (Å²) in [5.41, 5.74) is 3.54. The molecule has 4 rings (SSSR count). The van der Waals surface area contributed by atoms with Crippen LogP contribution in [0.4, 0.5) is 16.6 Å². The molecule has 8 nitrogen and oxygen atoms in total. The molecule has 0 radical (unpaired) electrons. The monoisotopic (exact) mass is 473 g/mol. The molecule has 1 amide bonds. The van der Waals surface area contributed by atoms with Crippen molar-refractivity contribution in [3.05, 3.63) is 83.1 Å². The molecule has 0 spiro atoms. The smallest absolute Gasteiger partial charge is 0.311 e. The van der Waals surface area contributed by atoms with Crippen LogP contribution in [0.2, 0.25) is 0 Å². The molecule has 0 aliphatic heterocycles. The fourth-order valence-corrected chi connectivity index (χ4v) is 3.95. The summed E-state index contributed by atoms with van der Waals surface area (Å²) in [5, 5.41) is 8.18. The van der Waals surface area contributed by atoms with Crippen molar-refractivity contribution in [2.75, 3.05) is 17.2 Å². The van der Waals surface area contributed by atoms with Crippen LogP contribution in [0.15, 0.2) is 66.0 Å². The standard InChI is InChI=1S/C25H23N5O3S/c1-3-33-23(31)13-20-15-34-25(29-20)30-24(32)18-10-7-11-19(12-18)28-22-14-21(26-16(2)27-22)17-8-5-4-6-9-17/h4-12,14-15H,3,13H2,1-2H3,(H,26,27,28)(H,29,30,32). The predicted molar refractivity (Wildman–Crippen MR) is 132 cm³/mol. The van der Waals surface area contributed by atoms with Crippen molar-refractivity contribution in [1.29, 1.82) is 0 Å². The van der Waals surface area contributed by atoms with Gasteiger partial charge in [-0.05, 0) is 32.0 Å². The number of amides is 1. The molecule has 0 unspecified atom stereocenters. The van der Waals surface area contributed by atoms with E-state index in [-0.39, 0.29) is 18.3 Å². The van der Waals surface area contributed by atoms with Crippen LogP contribution in [0.5, 0.6) is 0 Å². The normalized spacial score (nSPS) is 10.5. The average molecular weight is 474 g/mol. The molecule has 0 aliphatic carbocycles. The van der Waals surface area contributed by atoms with Gasteiger partial charge < -0.3 is 10.1 Å². The van der Waals surface area contributed by atoms with Gasteiger partial charge in [-0.25, -0.2) is 15.0 Å². The summed E-state index contributed by atoms with van der Waals surface area (Å²) in [6, 6.07) is 18.8. The Labute approximate surface area is 201 Å². The lowest BCUT2D eigenvalue weighted by atomic mass is 10.1. The molecule has 2 aromatic heterocycles. The number of hydrogen-bond donors (Lipinski definition) is 2. The Balaban J connectivity index is 1.45. The van der Waals surface area contributed by atoms with Gasteiger partial charge in [0.05, 0.1) is 24.4 Å². The van der Waals surface area contributed by atoms with Gasteiger partial charge >= 0.3 is 5.97 Å². The zero-order valence-corrected chi connectivity index (χ0v) is 19.6. The van der Waals surface area contributed by atoms with Crippen molar-refractivity contribution in [2.45, 2.75) is 20.3 Å². The van der Waals surface area contributed by atoms with E-state index in [4.69, 9.17) is 4.74 Å². The number of nitrogens with one attached hydrogen (secondary N) is 2. The molecular weight excluding hydrogens is 450 g/mol. The van der Waals surface area contributed by atoms with Gasteiger partial charge in [-0.2, -0.15) is 0 Å². The second-order valence-corrected chi connectivity index (χ2v) is 8.20. The van der Waals surface area contributed by atoms with Crippen LogP contribution in [-0.2, 0) is 16.0 Å². The molecular formula is C25H23N5O3S. The third-order valence-electron chi connectivity index (χ3n) is 4.71. The van der Waals surface area contributed by atoms with Crippen molar-refractivity contribution in [2.24, 2.45) is 0 Å². The summed E-state index contributed by atoms with van der Waals surface area (Å²) in [4.78, 5) is 37.6. The molecule has 2 N–H and O–H groups in total. The van der Waals surface area contributed by atoms with Gasteiger partial charge in [0, 0.05) is 28.3 Å². The number of anilines is 3. The molecule has 9 heteroatoms. The highest BCUT2D eigenvalue weighted by atomic mass is 32.1. The summed E-state index contributed by atoms with van der Waals surface area (Å²) in [7, 11) is 0. The van der Waals surface area contributed by atoms with Crippen LogP contribution in [0.25, 0.3) is 11.3 Å². The second-order valence-electron chi connectivity index (χ2n) is 7.34. The van der Waals surface area contributed by atoms with Crippen molar-refractivity contribution in [3.63, 3.8) is 0 Å². The predicted octanol–water partition coefficient (Wildman–Crippen LogP) is 5.01. The molecule has 0 fully saturated rings. The maximum Gasteiger partial charge on any atom is 0.311 e. The van der Waals surface area contributed by atoms with Crippen LogP contribution in [0.1, 0.15) is 28.8 Å². The lowest BCUT2D eigenvalue weighted by molar-refractivity contribution is -0.142. The van der Waals surface area contributed by atoms with Crippen molar-refractivity contribution in [3.8, 4) is 11.3 Å². The first-order valence-electron chi connectivity index (χ1n) is 10.7. The molecule has 0 bridgehead atoms. The second kappa shape index (κ2) is 10.7. The van der Waals surface area contributed by atoms with Crippen LogP contribution >= 0.6 is 11.3 Å². The number of ether oxygens (including phenoxy) is 1. The van der Waals surface area contributed by atoms with Gasteiger partial charge in [-0.15, -0.1) is 11.3 Å². The van der Waals surface area contributed by atoms with E-state index >= 15 is 0 Å². The first-order valence-corrected chi connectivity index (χ1v) is 11.6. The molecule has 0 saturated heterocycles. The molecule has 0 saturated carbocycles. The Morgan fingerprint density at radius 2 is 1.82 bits per heavy atom. The summed E-state index contributed by atoms with van der Waals surface area (Å²) in [6.45, 7) is 3.91. The minimum absolute atomic E-state index is 0.0724. The highest BCUT2D eigenvalue weighted by molar-refractivity contribution is 7.14. The molecule has 0 atom stereocenters. The van der Waals surface area contributed by atoms with Crippen LogP contribution in [-0.4, -0.2) is 33.4 Å². The van der Waals surface area contributed by atoms with Crippen LogP contribution in [0, 0.1) is 6.92 Å². The zero-order valence-electron chi connectivity index (χ0n) is 18.7. The number of aromatic nitrogens is 3. The van der Waals surface area contributed by atoms with Crippen LogP contribution < -0.4 is 10.6 Å². The van der Waals surface area contributed by atoms with Gasteiger partial charge in [0.2, 0.25) is 0 Å². The van der Waals surface area contributed by atoms with E-state index < -0.39 is 0 Å². The van der Waals surface area contributed by atoms with Gasteiger partial charge in [-0.1, -0.05) is 36.4 Å². The minimum atomic E-state index is -0.347. The number of carbonyl (C=O) groups excluding carboxylic acids is 2. The highest BCUT2D eigenvalue weighted by Crippen LogP contribution is 2.23. The van der Waals surface area contributed by atoms with E-state index in [9.17, 15) is 9.59 Å². The Morgan fingerprint density at radius 3 is 2.62 bits per heavy atom. The summed E-state index contributed by atoms with van der Waals surface area (Å²) in [5.74, 6) is 0.622. The third kappa shape index (κ3) is 6.02. The zero-order chi connectivity index (χ0) is 23.9. The lowest BCUT2D eigenvalue weighted by Crippen LogP contribution is -2.12. The maximum atomic E-state index is 12.8. The quantitative estimate of drug-likeness (QED) is 0.347. The van der Waals surface area contributed by atoms with Gasteiger partial charge in [-0.3, -0.25) is 14.9 Å². The number of hydrogen-bond acceptors (Lipinski definition) is 8. The van der Waals surface area contributed by atoms with E-state index in [0.717, 1.165) is 11.3 Å². The van der Waals surface area contributed by atoms with Gasteiger partial charge in [0.15, 0.2) is 5.13 Å². The average Bonchev–Trinajstić information content (AvgIpc) is 3.26. The van der Waals surface area contributed by atoms with E-state index in [1.165, 1.54) is 11.3 Å². The van der Waals surface area contributed by atoms with Crippen molar-refractivity contribution in [1.82, 2.24) is 15.0 Å². The number of carbonyl (C=O) groups is 2. The van der Waals surface area contributed by atoms with Crippen molar-refractivity contribution >= 4 is 39.9 Å². The first kappa shape index (κ1) is 23.1. The number of aryl methyl sites for hydroxylation is 1. The number of rotatable bonds is 8. The van der Waals surface area contributed by atoms with E-state index in [2.05, 4.69) is 25.6 Å². The number of thiazole rings is 1. The number of esters is 1. The summed E-state index contributed by atoms with van der Waals surface area (Å²) >= 11 is 1.26. The molecule has 172 valence electrons. The fraction of sp³-hybridized carbons (Fsp3) is 0.160. The SMILES string of the molecule is CCOC(=O)Cc1csc(NC(=O)c2cccc(Nc3cc(-c4ccccc4)nc(C)n3)c2)n1. The number of benzene rings is 2. The maximum absolute atomic E-state index is 12.8. The first-order chi connectivity index (χ1) is 16.5. The van der Waals surface area contributed by atoms with Crippen molar-refractivity contribution < 1.29 is 14.3 Å². The van der Waals surface area contributed by atoms with E-state index in [1.807, 2.05) is 49.4 Å². The Morgan fingerprint density at radius 1 is 1.00 bits per heavy atom. The molecule has 4 aromatic rings. The number of nitrogens with zero attached hydrogens (tertiary/aromatic N) is 3. The molecule has 0 aliphatic rings. The summed E-state index contributed by atoms with van der Waals surface area (Å²) < 4.78 is 4.93. The lowest BCUT2D eigenvalue weighted by Gasteiger charge is -2.10. The van der Waals surface area contributed by atoms with E-state index in [1.54, 1.807) is 30.5 Å². The molecule has 2 aromatic carbocycles. The highest BCUT2D eigenvalue weighted by Gasteiger charge is 2.13. The Kier molecular flexibility index (Phi) is 7.24. The minimum Gasteiger partial charge on any atom is -0.466 e. The Hall–Kier alpha value is -4.11. The third-order valence-corrected chi connectivity index (χ3v) is 5.51. The Bertz CT molecular complexity index is 1310.